The summed E-state index contributed by atoms with van der Waals surface area (Å²) in [6.45, 7) is 2.38. The van der Waals surface area contributed by atoms with Gasteiger partial charge in [-0.25, -0.2) is 0 Å². The third-order valence-corrected chi connectivity index (χ3v) is 2.90. The Morgan fingerprint density at radius 2 is 2.05 bits per heavy atom. The van der Waals surface area contributed by atoms with E-state index in [9.17, 15) is 9.59 Å². The SMILES string of the molecule is CCCCN(CC(N)=O)C(=O)c1ccc(OC)cc1N. The predicted octanol–water partition coefficient (Wildman–Crippen LogP) is 1.00. The highest BCUT2D eigenvalue weighted by molar-refractivity contribution is 6.00. The Morgan fingerprint density at radius 3 is 2.55 bits per heavy atom. The smallest absolute Gasteiger partial charge is 0.256 e. The van der Waals surface area contributed by atoms with Crippen molar-refractivity contribution in [3.63, 3.8) is 0 Å². The first-order valence-corrected chi connectivity index (χ1v) is 6.50. The van der Waals surface area contributed by atoms with Crippen molar-refractivity contribution in [1.82, 2.24) is 4.90 Å². The molecule has 0 aliphatic heterocycles. The van der Waals surface area contributed by atoms with Crippen LogP contribution in [0.4, 0.5) is 5.69 Å². The van der Waals surface area contributed by atoms with Gasteiger partial charge in [0.25, 0.3) is 5.91 Å². The van der Waals surface area contributed by atoms with E-state index in [4.69, 9.17) is 16.2 Å². The molecule has 0 aliphatic carbocycles. The van der Waals surface area contributed by atoms with Crippen molar-refractivity contribution >= 4 is 17.5 Å². The molecule has 0 saturated carbocycles. The van der Waals surface area contributed by atoms with Crippen LogP contribution in [-0.4, -0.2) is 36.9 Å². The lowest BCUT2D eigenvalue weighted by molar-refractivity contribution is -0.118. The van der Waals surface area contributed by atoms with E-state index in [0.717, 1.165) is 12.8 Å². The second kappa shape index (κ2) is 7.37. The van der Waals surface area contributed by atoms with E-state index in [1.807, 2.05) is 6.92 Å². The van der Waals surface area contributed by atoms with Gasteiger partial charge in [-0.05, 0) is 18.6 Å². The number of anilines is 1. The monoisotopic (exact) mass is 279 g/mol. The van der Waals surface area contributed by atoms with Gasteiger partial charge in [0.2, 0.25) is 5.91 Å². The van der Waals surface area contributed by atoms with Crippen molar-refractivity contribution in [3.05, 3.63) is 23.8 Å². The number of nitrogens with zero attached hydrogens (tertiary/aromatic N) is 1. The molecular weight excluding hydrogens is 258 g/mol. The third kappa shape index (κ3) is 4.15. The lowest BCUT2D eigenvalue weighted by atomic mass is 10.1. The summed E-state index contributed by atoms with van der Waals surface area (Å²) in [5, 5.41) is 0. The van der Waals surface area contributed by atoms with E-state index >= 15 is 0 Å². The Labute approximate surface area is 118 Å². The molecule has 0 aromatic heterocycles. The first-order valence-electron chi connectivity index (χ1n) is 6.50. The third-order valence-electron chi connectivity index (χ3n) is 2.90. The van der Waals surface area contributed by atoms with E-state index in [2.05, 4.69) is 0 Å². The van der Waals surface area contributed by atoms with Gasteiger partial charge in [0.1, 0.15) is 5.75 Å². The van der Waals surface area contributed by atoms with Gasteiger partial charge in [-0.2, -0.15) is 0 Å². The van der Waals surface area contributed by atoms with Crippen LogP contribution < -0.4 is 16.2 Å². The van der Waals surface area contributed by atoms with Crippen LogP contribution in [0.25, 0.3) is 0 Å². The molecule has 6 nitrogen and oxygen atoms in total. The zero-order chi connectivity index (χ0) is 15.1. The number of rotatable bonds is 7. The maximum Gasteiger partial charge on any atom is 0.256 e. The number of carbonyl (C=O) groups is 2. The van der Waals surface area contributed by atoms with Gasteiger partial charge in [-0.1, -0.05) is 13.3 Å². The molecule has 0 atom stereocenters. The average molecular weight is 279 g/mol. The summed E-state index contributed by atoms with van der Waals surface area (Å²) in [7, 11) is 1.52. The first kappa shape index (κ1) is 15.8. The highest BCUT2D eigenvalue weighted by atomic mass is 16.5. The van der Waals surface area contributed by atoms with E-state index < -0.39 is 5.91 Å². The molecule has 2 amide bonds. The lowest BCUT2D eigenvalue weighted by Gasteiger charge is -2.21. The van der Waals surface area contributed by atoms with Crippen molar-refractivity contribution in [3.8, 4) is 5.75 Å². The lowest BCUT2D eigenvalue weighted by Crippen LogP contribution is -2.39. The average Bonchev–Trinajstić information content (AvgIpc) is 2.42. The molecule has 0 unspecified atom stereocenters. The van der Waals surface area contributed by atoms with Crippen molar-refractivity contribution in [2.45, 2.75) is 19.8 Å². The van der Waals surface area contributed by atoms with Crippen LogP contribution in [0.2, 0.25) is 0 Å². The molecule has 0 bridgehead atoms. The number of nitrogen functional groups attached to an aromatic ring is 1. The van der Waals surface area contributed by atoms with Crippen LogP contribution in [0.3, 0.4) is 0 Å². The molecule has 1 aromatic rings. The Balaban J connectivity index is 2.95. The van der Waals surface area contributed by atoms with Gasteiger partial charge < -0.3 is 21.1 Å². The molecule has 1 rings (SSSR count). The Morgan fingerprint density at radius 1 is 1.35 bits per heavy atom. The second-order valence-electron chi connectivity index (χ2n) is 4.50. The number of amides is 2. The largest absolute Gasteiger partial charge is 0.497 e. The van der Waals surface area contributed by atoms with E-state index in [1.165, 1.54) is 12.0 Å². The summed E-state index contributed by atoms with van der Waals surface area (Å²) in [6.07, 6.45) is 1.72. The van der Waals surface area contributed by atoms with Gasteiger partial charge in [0.05, 0.1) is 19.2 Å². The second-order valence-corrected chi connectivity index (χ2v) is 4.50. The zero-order valence-electron chi connectivity index (χ0n) is 11.9. The van der Waals surface area contributed by atoms with Crippen molar-refractivity contribution < 1.29 is 14.3 Å². The first-order chi connectivity index (χ1) is 9.49. The molecule has 0 aliphatic rings. The number of ether oxygens (including phenoxy) is 1. The van der Waals surface area contributed by atoms with E-state index in [-0.39, 0.29) is 12.5 Å². The van der Waals surface area contributed by atoms with Gasteiger partial charge in [-0.3, -0.25) is 9.59 Å². The molecule has 0 spiro atoms. The maximum atomic E-state index is 12.4. The fourth-order valence-electron chi connectivity index (χ4n) is 1.82. The summed E-state index contributed by atoms with van der Waals surface area (Å²) < 4.78 is 5.04. The quantitative estimate of drug-likeness (QED) is 0.727. The molecule has 0 fully saturated rings. The van der Waals surface area contributed by atoms with Crippen molar-refractivity contribution in [1.29, 1.82) is 0 Å². The predicted molar refractivity (Wildman–Crippen MR) is 77.4 cm³/mol. The van der Waals surface area contributed by atoms with Crippen molar-refractivity contribution in [2.24, 2.45) is 5.73 Å². The van der Waals surface area contributed by atoms with Crippen LogP contribution >= 0.6 is 0 Å². The van der Waals surface area contributed by atoms with Crippen LogP contribution in [0.15, 0.2) is 18.2 Å². The summed E-state index contributed by atoms with van der Waals surface area (Å²) in [5.41, 5.74) is 11.7. The molecule has 0 heterocycles. The summed E-state index contributed by atoms with van der Waals surface area (Å²) in [4.78, 5) is 24.9. The number of hydrogen-bond donors (Lipinski definition) is 2. The van der Waals surface area contributed by atoms with Gasteiger partial charge in [0.15, 0.2) is 0 Å². The molecule has 0 saturated heterocycles. The highest BCUT2D eigenvalue weighted by Crippen LogP contribution is 2.21. The van der Waals surface area contributed by atoms with Crippen LogP contribution in [0, 0.1) is 0 Å². The number of nitrogens with two attached hydrogens (primary N) is 2. The summed E-state index contributed by atoms with van der Waals surface area (Å²) >= 11 is 0. The fraction of sp³-hybridized carbons (Fsp3) is 0.429. The van der Waals surface area contributed by atoms with Gasteiger partial charge in [-0.15, -0.1) is 0 Å². The minimum absolute atomic E-state index is 0.107. The van der Waals surface area contributed by atoms with Crippen molar-refractivity contribution in [2.75, 3.05) is 25.9 Å². The Bertz CT molecular complexity index is 489. The Kier molecular flexibility index (Phi) is 5.83. The molecule has 0 radical (unpaired) electrons. The number of methoxy groups -OCH3 is 1. The number of hydrogen-bond acceptors (Lipinski definition) is 4. The zero-order valence-corrected chi connectivity index (χ0v) is 11.9. The molecule has 6 heteroatoms. The summed E-state index contributed by atoms with van der Waals surface area (Å²) in [5.74, 6) is -0.256. The number of benzene rings is 1. The standard InChI is InChI=1S/C14H21N3O3/c1-3-4-7-17(9-13(16)18)14(19)11-6-5-10(20-2)8-12(11)15/h5-6,8H,3-4,7,9,15H2,1-2H3,(H2,16,18). The molecule has 4 N–H and O–H groups in total. The Hall–Kier alpha value is -2.24. The molecule has 20 heavy (non-hydrogen) atoms. The minimum Gasteiger partial charge on any atom is -0.497 e. The molecule has 110 valence electrons. The number of primary amides is 1. The minimum atomic E-state index is -0.540. The van der Waals surface area contributed by atoms with Crippen LogP contribution in [-0.2, 0) is 4.79 Å². The highest BCUT2D eigenvalue weighted by Gasteiger charge is 2.19. The number of carbonyl (C=O) groups excluding carboxylic acids is 2. The molecular formula is C14H21N3O3. The summed E-state index contributed by atoms with van der Waals surface area (Å²) in [6, 6.07) is 4.83. The maximum absolute atomic E-state index is 12.4. The van der Waals surface area contributed by atoms with Crippen LogP contribution in [0.5, 0.6) is 5.75 Å². The van der Waals surface area contributed by atoms with Gasteiger partial charge >= 0.3 is 0 Å². The fourth-order valence-corrected chi connectivity index (χ4v) is 1.82. The number of unbranched alkanes of at least 4 members (excludes halogenated alkanes) is 1. The normalized spacial score (nSPS) is 10.1. The molecule has 1 aromatic carbocycles. The topological polar surface area (TPSA) is 98.6 Å². The van der Waals surface area contributed by atoms with E-state index in [0.29, 0.717) is 23.5 Å². The van der Waals surface area contributed by atoms with Gasteiger partial charge in [0, 0.05) is 18.3 Å². The van der Waals surface area contributed by atoms with E-state index in [1.54, 1.807) is 18.2 Å². The van der Waals surface area contributed by atoms with Crippen LogP contribution in [0.1, 0.15) is 30.1 Å².